The minimum Gasteiger partial charge on any atom is -0.293 e. The van der Waals surface area contributed by atoms with E-state index < -0.39 is 0 Å². The third kappa shape index (κ3) is 12.9. The first-order valence-electron chi connectivity index (χ1n) is 9.31. The molecule has 0 radical (unpaired) electrons. The van der Waals surface area contributed by atoms with Crippen molar-refractivity contribution in [3.05, 3.63) is 0 Å². The van der Waals surface area contributed by atoms with Gasteiger partial charge in [0.25, 0.3) is 0 Å². The fourth-order valence-electron chi connectivity index (χ4n) is 2.78. The Bertz CT molecular complexity index is 205. The molecule has 0 saturated carbocycles. The highest BCUT2D eigenvalue weighted by Gasteiger charge is 2.10. The number of thioether (sulfide) groups is 2. The molecule has 0 bridgehead atoms. The van der Waals surface area contributed by atoms with Crippen molar-refractivity contribution in [2.24, 2.45) is 0 Å². The smallest absolute Gasteiger partial charge is 0.0445 e. The minimum atomic E-state index is 1.28. The number of rotatable bonds is 15. The molecule has 0 aromatic carbocycles. The second-order valence-electron chi connectivity index (χ2n) is 6.30. The van der Waals surface area contributed by atoms with Gasteiger partial charge in [0.2, 0.25) is 0 Å². The van der Waals surface area contributed by atoms with Crippen LogP contribution < -0.4 is 0 Å². The number of unbranched alkanes of at least 4 members (excludes halogenated alkanes) is 9. The monoisotopic (exact) mass is 331 g/mol. The maximum absolute atomic E-state index is 2.61. The van der Waals surface area contributed by atoms with E-state index in [-0.39, 0.29) is 0 Å². The summed E-state index contributed by atoms with van der Waals surface area (Å²) in [4.78, 5) is 2.61. The number of hydrogen-bond donors (Lipinski definition) is 0. The zero-order valence-corrected chi connectivity index (χ0v) is 15.9. The first-order valence-corrected chi connectivity index (χ1v) is 11.6. The molecule has 0 amide bonds. The third-order valence-corrected chi connectivity index (χ3v) is 6.40. The van der Waals surface area contributed by atoms with E-state index in [4.69, 9.17) is 0 Å². The van der Waals surface area contributed by atoms with E-state index in [2.05, 4.69) is 35.3 Å². The summed E-state index contributed by atoms with van der Waals surface area (Å²) in [5, 5.41) is 0. The molecule has 0 aromatic heterocycles. The van der Waals surface area contributed by atoms with E-state index in [1.54, 1.807) is 0 Å². The Labute approximate surface area is 142 Å². The van der Waals surface area contributed by atoms with Crippen molar-refractivity contribution in [2.75, 3.05) is 36.2 Å². The minimum absolute atomic E-state index is 1.28. The number of nitrogens with zero attached hydrogens (tertiary/aromatic N) is 1. The van der Waals surface area contributed by atoms with Gasteiger partial charge >= 0.3 is 0 Å². The Morgan fingerprint density at radius 3 is 2.05 bits per heavy atom. The van der Waals surface area contributed by atoms with Crippen LogP contribution in [-0.2, 0) is 0 Å². The van der Waals surface area contributed by atoms with Crippen molar-refractivity contribution < 1.29 is 0 Å². The fraction of sp³-hybridized carbons (Fsp3) is 1.00. The summed E-state index contributed by atoms with van der Waals surface area (Å²) in [6, 6.07) is 0. The van der Waals surface area contributed by atoms with Gasteiger partial charge in [0.1, 0.15) is 0 Å². The highest BCUT2D eigenvalue weighted by molar-refractivity contribution is 7.99. The molecule has 0 atom stereocenters. The Morgan fingerprint density at radius 1 is 0.810 bits per heavy atom. The number of hydrogen-bond acceptors (Lipinski definition) is 3. The Hall–Kier alpha value is 0.660. The maximum Gasteiger partial charge on any atom is 0.0445 e. The molecular weight excluding hydrogens is 294 g/mol. The molecular formula is C18H37NS2. The Kier molecular flexibility index (Phi) is 14.6. The van der Waals surface area contributed by atoms with Crippen molar-refractivity contribution in [3.63, 3.8) is 0 Å². The standard InChI is InChI=1S/C18H37NS2/c1-2-3-4-5-6-7-8-11-15-20-16-12-9-10-13-19-14-17-21-18-19/h2-18H2,1H3. The summed E-state index contributed by atoms with van der Waals surface area (Å²) in [6.07, 6.45) is 15.9. The molecule has 1 heterocycles. The lowest BCUT2D eigenvalue weighted by Gasteiger charge is -2.12. The van der Waals surface area contributed by atoms with E-state index in [9.17, 15) is 0 Å². The van der Waals surface area contributed by atoms with Crippen LogP contribution in [0.25, 0.3) is 0 Å². The van der Waals surface area contributed by atoms with Crippen molar-refractivity contribution in [3.8, 4) is 0 Å². The molecule has 21 heavy (non-hydrogen) atoms. The first kappa shape index (κ1) is 19.7. The van der Waals surface area contributed by atoms with Crippen LogP contribution in [0.5, 0.6) is 0 Å². The van der Waals surface area contributed by atoms with Gasteiger partial charge < -0.3 is 0 Å². The molecule has 0 aromatic rings. The SMILES string of the molecule is CCCCCCCCCCSCCCCCN1CCSC1. The third-order valence-electron chi connectivity index (χ3n) is 4.23. The molecule has 1 nitrogen and oxygen atoms in total. The second-order valence-corrected chi connectivity index (χ2v) is 8.60. The Balaban J connectivity index is 1.65. The molecule has 0 N–H and O–H groups in total. The van der Waals surface area contributed by atoms with Crippen LogP contribution in [0.2, 0.25) is 0 Å². The summed E-state index contributed by atoms with van der Waals surface area (Å²) in [5.41, 5.74) is 0. The predicted octanol–water partition coefficient (Wildman–Crippen LogP) is 6.04. The van der Waals surface area contributed by atoms with E-state index in [1.165, 1.54) is 107 Å². The quantitative estimate of drug-likeness (QED) is 0.337. The molecule has 3 heteroatoms. The fourth-order valence-corrected chi connectivity index (χ4v) is 4.84. The van der Waals surface area contributed by atoms with Crippen LogP contribution in [0, 0.1) is 0 Å². The summed E-state index contributed by atoms with van der Waals surface area (Å²) < 4.78 is 0. The second kappa shape index (κ2) is 15.6. The van der Waals surface area contributed by atoms with Crippen LogP contribution >= 0.6 is 23.5 Å². The van der Waals surface area contributed by atoms with Crippen LogP contribution in [0.3, 0.4) is 0 Å². The molecule has 1 fully saturated rings. The van der Waals surface area contributed by atoms with E-state index in [0.717, 1.165) is 0 Å². The molecule has 1 saturated heterocycles. The zero-order valence-electron chi connectivity index (χ0n) is 14.3. The van der Waals surface area contributed by atoms with E-state index in [0.29, 0.717) is 0 Å². The topological polar surface area (TPSA) is 3.24 Å². The molecule has 1 aliphatic heterocycles. The van der Waals surface area contributed by atoms with Crippen molar-refractivity contribution in [2.45, 2.75) is 77.6 Å². The van der Waals surface area contributed by atoms with Gasteiger partial charge in [-0.2, -0.15) is 11.8 Å². The van der Waals surface area contributed by atoms with Crippen molar-refractivity contribution >= 4 is 23.5 Å². The van der Waals surface area contributed by atoms with Gasteiger partial charge in [0.05, 0.1) is 0 Å². The Morgan fingerprint density at radius 2 is 1.43 bits per heavy atom. The van der Waals surface area contributed by atoms with Gasteiger partial charge in [0, 0.05) is 18.2 Å². The maximum atomic E-state index is 2.61. The van der Waals surface area contributed by atoms with Gasteiger partial charge in [-0.05, 0) is 37.3 Å². The van der Waals surface area contributed by atoms with Gasteiger partial charge in [-0.1, -0.05) is 58.3 Å². The molecule has 126 valence electrons. The van der Waals surface area contributed by atoms with Gasteiger partial charge in [-0.15, -0.1) is 11.8 Å². The molecule has 1 rings (SSSR count). The lowest BCUT2D eigenvalue weighted by atomic mass is 10.1. The average Bonchev–Trinajstić information content (AvgIpc) is 3.01. The van der Waals surface area contributed by atoms with Crippen molar-refractivity contribution in [1.82, 2.24) is 4.90 Å². The molecule has 0 spiro atoms. The lowest BCUT2D eigenvalue weighted by molar-refractivity contribution is 0.346. The highest BCUT2D eigenvalue weighted by Crippen LogP contribution is 2.15. The van der Waals surface area contributed by atoms with Crippen molar-refractivity contribution in [1.29, 1.82) is 0 Å². The van der Waals surface area contributed by atoms with Crippen LogP contribution in [0.4, 0.5) is 0 Å². The van der Waals surface area contributed by atoms with Crippen LogP contribution in [-0.4, -0.2) is 41.1 Å². The lowest BCUT2D eigenvalue weighted by Crippen LogP contribution is -2.20. The van der Waals surface area contributed by atoms with Crippen LogP contribution in [0.15, 0.2) is 0 Å². The summed E-state index contributed by atoms with van der Waals surface area (Å²) in [6.45, 7) is 4.97. The van der Waals surface area contributed by atoms with Gasteiger partial charge in [0.15, 0.2) is 0 Å². The largest absolute Gasteiger partial charge is 0.293 e. The highest BCUT2D eigenvalue weighted by atomic mass is 32.2. The van der Waals surface area contributed by atoms with Gasteiger partial charge in [-0.25, -0.2) is 0 Å². The van der Waals surface area contributed by atoms with E-state index >= 15 is 0 Å². The van der Waals surface area contributed by atoms with Gasteiger partial charge in [-0.3, -0.25) is 4.90 Å². The zero-order chi connectivity index (χ0) is 15.0. The normalized spacial score (nSPS) is 15.9. The molecule has 0 unspecified atom stereocenters. The predicted molar refractivity (Wildman–Crippen MR) is 103 cm³/mol. The van der Waals surface area contributed by atoms with E-state index in [1.807, 2.05) is 0 Å². The summed E-state index contributed by atoms with van der Waals surface area (Å²) in [7, 11) is 0. The van der Waals surface area contributed by atoms with Crippen LogP contribution in [0.1, 0.15) is 77.6 Å². The molecule has 0 aliphatic carbocycles. The average molecular weight is 332 g/mol. The first-order chi connectivity index (χ1) is 10.4. The summed E-state index contributed by atoms with van der Waals surface area (Å²) >= 11 is 4.28. The summed E-state index contributed by atoms with van der Waals surface area (Å²) in [5.74, 6) is 5.44. The molecule has 1 aliphatic rings.